The van der Waals surface area contributed by atoms with Gasteiger partial charge in [-0.1, -0.05) is 23.4 Å². The fourth-order valence-corrected chi connectivity index (χ4v) is 7.06. The highest BCUT2D eigenvalue weighted by Crippen LogP contribution is 2.44. The number of ether oxygens (including phenoxy) is 1. The number of nitrogen functional groups attached to an aromatic ring is 1. The van der Waals surface area contributed by atoms with Crippen LogP contribution in [-0.4, -0.2) is 95.5 Å². The molecule has 4 rings (SSSR count). The Morgan fingerprint density at radius 2 is 2.25 bits per heavy atom. The highest BCUT2D eigenvalue weighted by molar-refractivity contribution is 8.00. The van der Waals surface area contributed by atoms with Crippen LogP contribution in [0.2, 0.25) is 0 Å². The Balaban J connectivity index is 1.40. The van der Waals surface area contributed by atoms with Crippen LogP contribution in [0.25, 0.3) is 5.57 Å². The molecule has 36 heavy (non-hydrogen) atoms. The summed E-state index contributed by atoms with van der Waals surface area (Å²) in [4.78, 5) is 54.9. The second-order valence-electron chi connectivity index (χ2n) is 7.78. The molecule has 0 radical (unpaired) electrons. The number of β-lactam (4-membered cyclic amide) rings is 1. The van der Waals surface area contributed by atoms with Crippen molar-refractivity contribution in [2.24, 2.45) is 5.41 Å². The monoisotopic (exact) mass is 574 g/mol. The lowest BCUT2D eigenvalue weighted by Gasteiger charge is -2.53. The molecule has 2 aliphatic rings. The minimum absolute atomic E-state index is 0.0504. The number of carboxylic acids is 1. The zero-order chi connectivity index (χ0) is 26.0. The number of methoxy groups -OCH3 is 1. The molecule has 2 aliphatic heterocycles. The van der Waals surface area contributed by atoms with Crippen molar-refractivity contribution in [1.29, 1.82) is 0 Å². The number of anilines is 1. The van der Waals surface area contributed by atoms with Gasteiger partial charge in [-0.15, -0.1) is 28.2 Å². The number of tetrazole rings is 1. The molecular weight excluding hydrogens is 556 g/mol. The van der Waals surface area contributed by atoms with Gasteiger partial charge < -0.3 is 25.8 Å². The predicted octanol–water partition coefficient (Wildman–Crippen LogP) is -0.272. The molecule has 192 valence electrons. The highest BCUT2D eigenvalue weighted by Gasteiger charge is 2.57. The van der Waals surface area contributed by atoms with Gasteiger partial charge in [-0.2, -0.15) is 0 Å². The van der Waals surface area contributed by atoms with E-state index in [1.165, 1.54) is 28.5 Å². The molecule has 2 unspecified atom stereocenters. The summed E-state index contributed by atoms with van der Waals surface area (Å²) in [6.45, 7) is -0.279. The molecular formula is C18H19ClN8O6S3. The first-order chi connectivity index (χ1) is 17.2. The van der Waals surface area contributed by atoms with Crippen molar-refractivity contribution in [3.63, 3.8) is 0 Å². The van der Waals surface area contributed by atoms with Crippen LogP contribution in [0, 0.1) is 5.41 Å². The van der Waals surface area contributed by atoms with Crippen LogP contribution in [0.4, 0.5) is 5.13 Å². The third-order valence-corrected chi connectivity index (χ3v) is 9.25. The molecule has 4 heterocycles. The van der Waals surface area contributed by atoms with Crippen LogP contribution in [-0.2, 0) is 30.5 Å². The third kappa shape index (κ3) is 5.00. The number of nitrogens with zero attached hydrogens (tertiary/aromatic N) is 6. The van der Waals surface area contributed by atoms with E-state index in [4.69, 9.17) is 17.3 Å². The maximum absolute atomic E-state index is 12.9. The van der Waals surface area contributed by atoms with E-state index in [-0.39, 0.29) is 40.5 Å². The van der Waals surface area contributed by atoms with Crippen molar-refractivity contribution in [2.45, 2.75) is 23.1 Å². The van der Waals surface area contributed by atoms with Gasteiger partial charge in [0.1, 0.15) is 23.4 Å². The van der Waals surface area contributed by atoms with Crippen molar-refractivity contribution in [3.05, 3.63) is 16.6 Å². The lowest BCUT2D eigenvalue weighted by molar-refractivity contribution is -0.157. The van der Waals surface area contributed by atoms with Crippen LogP contribution in [0.15, 0.2) is 16.1 Å². The number of thioether (sulfide) groups is 2. The number of aliphatic carboxylic acids is 1. The molecule has 2 aromatic heterocycles. The van der Waals surface area contributed by atoms with Crippen molar-refractivity contribution in [2.75, 3.05) is 30.9 Å². The van der Waals surface area contributed by atoms with Gasteiger partial charge in [-0.3, -0.25) is 19.2 Å². The van der Waals surface area contributed by atoms with Gasteiger partial charge in [-0.05, 0) is 10.4 Å². The van der Waals surface area contributed by atoms with Gasteiger partial charge in [-0.25, -0.2) is 9.67 Å². The highest BCUT2D eigenvalue weighted by atomic mass is 35.5. The maximum Gasteiger partial charge on any atom is 0.327 e. The average Bonchev–Trinajstić information content (AvgIpc) is 3.49. The largest absolute Gasteiger partial charge is 0.481 e. The van der Waals surface area contributed by atoms with Crippen LogP contribution < -0.4 is 11.1 Å². The first-order valence-electron chi connectivity index (χ1n) is 10.1. The Hall–Kier alpha value is -2.89. The number of nitrogens with two attached hydrogens (primary N) is 1. The Kier molecular flexibility index (Phi) is 7.72. The number of fused-ring (bicyclic) bond motifs is 1. The molecule has 4 N–H and O–H groups in total. The molecule has 0 aliphatic carbocycles. The van der Waals surface area contributed by atoms with Crippen LogP contribution in [0.5, 0.6) is 0 Å². The summed E-state index contributed by atoms with van der Waals surface area (Å²) in [6.07, 6.45) is 0. The van der Waals surface area contributed by atoms with E-state index >= 15 is 0 Å². The number of hydrogen-bond acceptors (Lipinski definition) is 13. The summed E-state index contributed by atoms with van der Waals surface area (Å²) < 4.78 is 5.82. The van der Waals surface area contributed by atoms with Gasteiger partial charge in [0.2, 0.25) is 11.1 Å². The van der Waals surface area contributed by atoms with Gasteiger partial charge in [0.05, 0.1) is 18.4 Å². The Labute approximate surface area is 220 Å². The molecule has 2 aromatic rings. The summed E-state index contributed by atoms with van der Waals surface area (Å²) in [5.41, 5.74) is 5.75. The number of halogens is 1. The first-order valence-corrected chi connectivity index (χ1v) is 13.5. The standard InChI is InChI=1S/C18H19ClN8O6S3/c1-33-10(28)3-27-17(23-24-25-27)36-7-18(15(31)32)5-26-13(30)11(14(26)35-6-18)22-12(29)8(2-19)9-4-34-16(20)21-9/h2,4,11,14H,3,5-7H2,1H3,(H2,20,21)(H,22,29)(H,31,32)/t11?,14-,18?/m1/s1. The summed E-state index contributed by atoms with van der Waals surface area (Å²) in [6, 6.07) is -0.836. The number of carbonyl (C=O) groups excluding carboxylic acids is 3. The number of esters is 1. The number of nitrogens with one attached hydrogen (secondary N) is 1. The van der Waals surface area contributed by atoms with Gasteiger partial charge in [0, 0.05) is 29.0 Å². The fourth-order valence-electron chi connectivity index (χ4n) is 3.55. The molecule has 0 aromatic carbocycles. The molecule has 0 spiro atoms. The zero-order valence-corrected chi connectivity index (χ0v) is 21.7. The smallest absolute Gasteiger partial charge is 0.327 e. The second kappa shape index (κ2) is 10.6. The third-order valence-electron chi connectivity index (χ3n) is 5.52. The Morgan fingerprint density at radius 3 is 2.89 bits per heavy atom. The minimum Gasteiger partial charge on any atom is -0.481 e. The van der Waals surface area contributed by atoms with Crippen molar-refractivity contribution in [3.8, 4) is 0 Å². The Bertz CT molecular complexity index is 1240. The van der Waals surface area contributed by atoms with Gasteiger partial charge in [0.25, 0.3) is 5.91 Å². The van der Waals surface area contributed by atoms with E-state index in [1.807, 2.05) is 0 Å². The quantitative estimate of drug-likeness (QED) is 0.153. The number of aromatic nitrogens is 5. The molecule has 0 bridgehead atoms. The van der Waals surface area contributed by atoms with Crippen LogP contribution in [0.3, 0.4) is 0 Å². The normalized spacial score (nSPS) is 23.6. The maximum atomic E-state index is 12.9. The van der Waals surface area contributed by atoms with E-state index in [1.54, 1.807) is 5.38 Å². The molecule has 18 heteroatoms. The lowest BCUT2D eigenvalue weighted by atomic mass is 9.89. The molecule has 2 saturated heterocycles. The zero-order valence-electron chi connectivity index (χ0n) is 18.5. The molecule has 14 nitrogen and oxygen atoms in total. The molecule has 0 saturated carbocycles. The first kappa shape index (κ1) is 26.2. The van der Waals surface area contributed by atoms with Crippen LogP contribution >= 0.6 is 46.5 Å². The van der Waals surface area contributed by atoms with Crippen molar-refractivity contribution in [1.82, 2.24) is 35.4 Å². The summed E-state index contributed by atoms with van der Waals surface area (Å²) in [5, 5.41) is 25.4. The minimum atomic E-state index is -1.29. The number of amides is 2. The Morgan fingerprint density at radius 1 is 1.47 bits per heavy atom. The van der Waals surface area contributed by atoms with E-state index in [0.717, 1.165) is 28.6 Å². The second-order valence-corrected chi connectivity index (χ2v) is 10.9. The molecule has 3 atom stereocenters. The van der Waals surface area contributed by atoms with Crippen molar-refractivity contribution < 1.29 is 29.0 Å². The van der Waals surface area contributed by atoms with E-state index in [2.05, 4.69) is 30.6 Å². The predicted molar refractivity (Wildman–Crippen MR) is 131 cm³/mol. The van der Waals surface area contributed by atoms with Crippen LogP contribution in [0.1, 0.15) is 5.69 Å². The summed E-state index contributed by atoms with van der Waals surface area (Å²) >= 11 is 9.28. The fraction of sp³-hybridized carbons (Fsp3) is 0.444. The van der Waals surface area contributed by atoms with Crippen molar-refractivity contribution >= 4 is 80.9 Å². The van der Waals surface area contributed by atoms with Gasteiger partial charge >= 0.3 is 11.9 Å². The summed E-state index contributed by atoms with van der Waals surface area (Å²) in [5.74, 6) is -2.40. The molecule has 2 amide bonds. The van der Waals surface area contributed by atoms with E-state index < -0.39 is 40.6 Å². The molecule has 2 fully saturated rings. The SMILES string of the molecule is COC(=O)Cn1nnnc1SCC1(C(=O)O)CS[C@@H]2C(NC(=O)C(=CCl)c3csc(N)n3)C(=O)N2C1. The number of carboxylic acid groups (broad SMARTS) is 1. The number of carbonyl (C=O) groups is 4. The summed E-state index contributed by atoms with van der Waals surface area (Å²) in [7, 11) is 1.23. The number of rotatable bonds is 9. The van der Waals surface area contributed by atoms with E-state index in [0.29, 0.717) is 5.69 Å². The van der Waals surface area contributed by atoms with Gasteiger partial charge in [0.15, 0.2) is 5.13 Å². The number of thiazole rings is 1. The van der Waals surface area contributed by atoms with E-state index in [9.17, 15) is 24.3 Å². The number of hydrogen-bond donors (Lipinski definition) is 3. The topological polar surface area (TPSA) is 196 Å². The average molecular weight is 575 g/mol. The lowest BCUT2D eigenvalue weighted by Crippen LogP contribution is -2.74.